The first-order valence-corrected chi connectivity index (χ1v) is 3.85. The second-order valence-corrected chi connectivity index (χ2v) is 2.56. The first kappa shape index (κ1) is 10.0. The lowest BCUT2D eigenvalue weighted by atomic mass is 10.3. The molecule has 0 aliphatic carbocycles. The van der Waals surface area contributed by atoms with Crippen molar-refractivity contribution in [2.24, 2.45) is 0 Å². The zero-order valence-corrected chi connectivity index (χ0v) is 7.48. The molecule has 5 heteroatoms. The van der Waals surface area contributed by atoms with Gasteiger partial charge in [-0.2, -0.15) is 0 Å². The highest BCUT2D eigenvalue weighted by Gasteiger charge is 2.09. The number of amides is 1. The number of aliphatic carboxylic acids is 1. The highest BCUT2D eigenvalue weighted by atomic mass is 16.4. The van der Waals surface area contributed by atoms with Crippen LogP contribution in [0, 0.1) is 0 Å². The molecule has 0 fully saturated rings. The van der Waals surface area contributed by atoms with Gasteiger partial charge in [-0.25, -0.2) is 4.79 Å². The number of carbonyl (C=O) groups excluding carboxylic acids is 1. The number of rotatable bonds is 3. The van der Waals surface area contributed by atoms with Crippen molar-refractivity contribution >= 4 is 18.0 Å². The van der Waals surface area contributed by atoms with E-state index in [-0.39, 0.29) is 5.70 Å². The van der Waals surface area contributed by atoms with Crippen LogP contribution in [0.4, 0.5) is 0 Å². The fourth-order valence-electron chi connectivity index (χ4n) is 0.857. The highest BCUT2D eigenvalue weighted by molar-refractivity contribution is 5.95. The molecule has 1 aromatic heterocycles. The van der Waals surface area contributed by atoms with E-state index in [1.165, 1.54) is 19.3 Å². The predicted molar refractivity (Wildman–Crippen MR) is 48.1 cm³/mol. The Morgan fingerprint density at radius 1 is 1.57 bits per heavy atom. The molecular formula is C9H9NO4. The molecule has 14 heavy (non-hydrogen) atoms. The predicted octanol–water partition coefficient (Wildman–Crippen LogP) is 0.841. The van der Waals surface area contributed by atoms with Crippen LogP contribution in [0.5, 0.6) is 0 Å². The van der Waals surface area contributed by atoms with Crippen LogP contribution >= 0.6 is 0 Å². The molecule has 1 heterocycles. The van der Waals surface area contributed by atoms with Crippen LogP contribution in [0.2, 0.25) is 0 Å². The van der Waals surface area contributed by atoms with Gasteiger partial charge in [0.2, 0.25) is 5.91 Å². The number of hydrogen-bond acceptors (Lipinski definition) is 3. The van der Waals surface area contributed by atoms with Crippen LogP contribution < -0.4 is 5.32 Å². The van der Waals surface area contributed by atoms with Crippen molar-refractivity contribution in [1.29, 1.82) is 0 Å². The van der Waals surface area contributed by atoms with Crippen molar-refractivity contribution < 1.29 is 19.1 Å². The zero-order chi connectivity index (χ0) is 10.6. The standard InChI is InChI=1S/C9H9NO4/c1-6(11)10-8(9(12)13)5-7-3-2-4-14-7/h2-5H,1H3,(H,10,11)(H,12,13)/b8-5-. The van der Waals surface area contributed by atoms with Crippen LogP contribution in [0.15, 0.2) is 28.5 Å². The maximum Gasteiger partial charge on any atom is 0.352 e. The number of furan rings is 1. The van der Waals surface area contributed by atoms with Crippen molar-refractivity contribution in [3.8, 4) is 0 Å². The van der Waals surface area contributed by atoms with Gasteiger partial charge in [0, 0.05) is 13.0 Å². The summed E-state index contributed by atoms with van der Waals surface area (Å²) in [7, 11) is 0. The monoisotopic (exact) mass is 195 g/mol. The van der Waals surface area contributed by atoms with Gasteiger partial charge in [-0.3, -0.25) is 4.79 Å². The second-order valence-electron chi connectivity index (χ2n) is 2.56. The Balaban J connectivity index is 2.88. The molecule has 0 aliphatic heterocycles. The molecule has 1 aromatic rings. The summed E-state index contributed by atoms with van der Waals surface area (Å²) in [6.07, 6.45) is 2.66. The number of nitrogens with one attached hydrogen (secondary N) is 1. The zero-order valence-electron chi connectivity index (χ0n) is 7.48. The van der Waals surface area contributed by atoms with E-state index in [2.05, 4.69) is 5.32 Å². The van der Waals surface area contributed by atoms with Crippen LogP contribution in [0.25, 0.3) is 6.08 Å². The normalized spacial score (nSPS) is 11.1. The first-order valence-electron chi connectivity index (χ1n) is 3.85. The molecule has 0 aliphatic rings. The van der Waals surface area contributed by atoms with Gasteiger partial charge in [0.05, 0.1) is 6.26 Å². The Bertz CT molecular complexity index is 364. The lowest BCUT2D eigenvalue weighted by molar-refractivity contribution is -0.134. The molecule has 0 bridgehead atoms. The van der Waals surface area contributed by atoms with E-state index in [0.29, 0.717) is 5.76 Å². The largest absolute Gasteiger partial charge is 0.477 e. The Morgan fingerprint density at radius 2 is 2.29 bits per heavy atom. The van der Waals surface area contributed by atoms with Gasteiger partial charge in [0.15, 0.2) is 0 Å². The summed E-state index contributed by atoms with van der Waals surface area (Å²) < 4.78 is 4.90. The third kappa shape index (κ3) is 2.78. The van der Waals surface area contributed by atoms with Crippen LogP contribution in [-0.4, -0.2) is 17.0 Å². The van der Waals surface area contributed by atoms with Crippen LogP contribution in [0.1, 0.15) is 12.7 Å². The molecule has 1 amide bonds. The van der Waals surface area contributed by atoms with E-state index in [1.807, 2.05) is 0 Å². The Hall–Kier alpha value is -2.04. The molecule has 0 spiro atoms. The van der Waals surface area contributed by atoms with Gasteiger partial charge in [-0.15, -0.1) is 0 Å². The maximum absolute atomic E-state index is 10.6. The lowest BCUT2D eigenvalue weighted by Gasteiger charge is -2.00. The number of carbonyl (C=O) groups is 2. The number of carboxylic acids is 1. The summed E-state index contributed by atoms with van der Waals surface area (Å²) >= 11 is 0. The lowest BCUT2D eigenvalue weighted by Crippen LogP contribution is -2.24. The van der Waals surface area contributed by atoms with Crippen molar-refractivity contribution in [2.75, 3.05) is 0 Å². The third-order valence-corrected chi connectivity index (χ3v) is 1.37. The van der Waals surface area contributed by atoms with Gasteiger partial charge in [0.25, 0.3) is 0 Å². The van der Waals surface area contributed by atoms with E-state index in [1.54, 1.807) is 12.1 Å². The average Bonchev–Trinajstić information content (AvgIpc) is 2.54. The van der Waals surface area contributed by atoms with Crippen molar-refractivity contribution in [2.45, 2.75) is 6.92 Å². The summed E-state index contributed by atoms with van der Waals surface area (Å²) in [5.74, 6) is -1.28. The Morgan fingerprint density at radius 3 is 2.71 bits per heavy atom. The fourth-order valence-corrected chi connectivity index (χ4v) is 0.857. The minimum Gasteiger partial charge on any atom is -0.477 e. The average molecular weight is 195 g/mol. The SMILES string of the molecule is CC(=O)N/C(=C\c1ccco1)C(=O)O. The van der Waals surface area contributed by atoms with E-state index in [0.717, 1.165) is 0 Å². The molecule has 0 saturated heterocycles. The summed E-state index contributed by atoms with van der Waals surface area (Å²) in [6, 6.07) is 3.21. The van der Waals surface area contributed by atoms with E-state index in [4.69, 9.17) is 9.52 Å². The molecule has 0 aromatic carbocycles. The first-order chi connectivity index (χ1) is 6.59. The van der Waals surface area contributed by atoms with Gasteiger partial charge in [-0.05, 0) is 12.1 Å². The smallest absolute Gasteiger partial charge is 0.352 e. The quantitative estimate of drug-likeness (QED) is 0.700. The minimum absolute atomic E-state index is 0.215. The van der Waals surface area contributed by atoms with E-state index < -0.39 is 11.9 Å². The molecule has 0 saturated carbocycles. The van der Waals surface area contributed by atoms with Crippen LogP contribution in [-0.2, 0) is 9.59 Å². The van der Waals surface area contributed by atoms with Crippen molar-refractivity contribution in [3.05, 3.63) is 29.9 Å². The van der Waals surface area contributed by atoms with Crippen LogP contribution in [0.3, 0.4) is 0 Å². The molecule has 1 rings (SSSR count). The van der Waals surface area contributed by atoms with Gasteiger partial charge in [0.1, 0.15) is 11.5 Å². The second kappa shape index (κ2) is 4.27. The molecular weight excluding hydrogens is 186 g/mol. The number of hydrogen-bond donors (Lipinski definition) is 2. The molecule has 74 valence electrons. The third-order valence-electron chi connectivity index (χ3n) is 1.37. The Labute approximate surface area is 80.0 Å². The minimum atomic E-state index is -1.21. The number of carboxylic acid groups (broad SMARTS) is 1. The summed E-state index contributed by atoms with van der Waals surface area (Å²) in [5.41, 5.74) is -0.215. The topological polar surface area (TPSA) is 79.5 Å². The molecule has 0 radical (unpaired) electrons. The van der Waals surface area contributed by atoms with Crippen molar-refractivity contribution in [3.63, 3.8) is 0 Å². The van der Waals surface area contributed by atoms with Gasteiger partial charge < -0.3 is 14.8 Å². The van der Waals surface area contributed by atoms with Crippen molar-refractivity contribution in [1.82, 2.24) is 5.32 Å². The van der Waals surface area contributed by atoms with Gasteiger partial charge in [-0.1, -0.05) is 0 Å². The van der Waals surface area contributed by atoms with E-state index in [9.17, 15) is 9.59 Å². The highest BCUT2D eigenvalue weighted by Crippen LogP contribution is 2.05. The molecule has 5 nitrogen and oxygen atoms in total. The summed E-state index contributed by atoms with van der Waals surface area (Å²) in [6.45, 7) is 1.24. The van der Waals surface area contributed by atoms with Gasteiger partial charge >= 0.3 is 5.97 Å². The maximum atomic E-state index is 10.6. The molecule has 0 unspecified atom stereocenters. The Kier molecular flexibility index (Phi) is 3.06. The molecule has 0 atom stereocenters. The van der Waals surface area contributed by atoms with E-state index >= 15 is 0 Å². The summed E-state index contributed by atoms with van der Waals surface area (Å²) in [5, 5.41) is 10.9. The molecule has 2 N–H and O–H groups in total. The summed E-state index contributed by atoms with van der Waals surface area (Å²) in [4.78, 5) is 21.3. The fraction of sp³-hybridized carbons (Fsp3) is 0.111.